The van der Waals surface area contributed by atoms with Gasteiger partial charge in [-0.25, -0.2) is 0 Å². The molecular formula is C24H31N3O2. The minimum atomic E-state index is 0.100. The van der Waals surface area contributed by atoms with E-state index in [0.717, 1.165) is 63.4 Å². The van der Waals surface area contributed by atoms with Gasteiger partial charge >= 0.3 is 0 Å². The molecule has 3 aliphatic rings. The number of aryl methyl sites for hydroxylation is 2. The Hall–Kier alpha value is -2.14. The summed E-state index contributed by atoms with van der Waals surface area (Å²) in [4.78, 5) is 17.6. The van der Waals surface area contributed by atoms with Gasteiger partial charge in [0, 0.05) is 37.0 Å². The second kappa shape index (κ2) is 7.28. The lowest BCUT2D eigenvalue weighted by Gasteiger charge is -2.48. The Morgan fingerprint density at radius 2 is 1.97 bits per heavy atom. The van der Waals surface area contributed by atoms with Crippen LogP contribution in [0.15, 0.2) is 28.8 Å². The molecule has 2 aromatic rings. The molecule has 1 saturated heterocycles. The van der Waals surface area contributed by atoms with E-state index >= 15 is 0 Å². The number of rotatable bonds is 4. The number of piperidine rings is 1. The van der Waals surface area contributed by atoms with Gasteiger partial charge in [-0.2, -0.15) is 0 Å². The normalized spacial score (nSPS) is 21.4. The van der Waals surface area contributed by atoms with Gasteiger partial charge in [-0.05, 0) is 69.7 Å². The van der Waals surface area contributed by atoms with Gasteiger partial charge in [-0.1, -0.05) is 29.4 Å². The summed E-state index contributed by atoms with van der Waals surface area (Å²) in [7, 11) is 0. The quantitative estimate of drug-likeness (QED) is 0.789. The van der Waals surface area contributed by atoms with E-state index in [1.165, 1.54) is 29.5 Å². The topological polar surface area (TPSA) is 49.6 Å². The smallest absolute Gasteiger partial charge is 0.223 e. The molecule has 5 rings (SSSR count). The van der Waals surface area contributed by atoms with Crippen LogP contribution in [0.25, 0.3) is 0 Å². The number of benzene rings is 1. The van der Waals surface area contributed by atoms with E-state index in [2.05, 4.69) is 39.2 Å². The van der Waals surface area contributed by atoms with Crippen molar-refractivity contribution < 1.29 is 9.32 Å². The van der Waals surface area contributed by atoms with Gasteiger partial charge < -0.3 is 9.42 Å². The molecule has 0 N–H and O–H groups in total. The van der Waals surface area contributed by atoms with Crippen molar-refractivity contribution in [2.75, 3.05) is 19.6 Å². The van der Waals surface area contributed by atoms with E-state index in [0.29, 0.717) is 11.8 Å². The minimum absolute atomic E-state index is 0.100. The van der Waals surface area contributed by atoms with E-state index in [1.807, 2.05) is 13.8 Å². The molecule has 0 unspecified atom stereocenters. The average Bonchev–Trinajstić information content (AvgIpc) is 3.49. The van der Waals surface area contributed by atoms with Crippen LogP contribution in [0, 0.1) is 19.8 Å². The molecule has 5 heteroatoms. The second-order valence-electron chi connectivity index (χ2n) is 9.41. The Morgan fingerprint density at radius 1 is 1.21 bits per heavy atom. The molecule has 1 aromatic carbocycles. The zero-order valence-corrected chi connectivity index (χ0v) is 17.6. The van der Waals surface area contributed by atoms with Gasteiger partial charge in [0.1, 0.15) is 5.76 Å². The van der Waals surface area contributed by atoms with Gasteiger partial charge in [-0.3, -0.25) is 9.69 Å². The first-order valence-electron chi connectivity index (χ1n) is 11.0. The lowest BCUT2D eigenvalue weighted by molar-refractivity contribution is -0.134. The third-order valence-corrected chi connectivity index (χ3v) is 7.33. The molecule has 0 atom stereocenters. The number of nitrogens with zero attached hydrogens (tertiary/aromatic N) is 3. The average molecular weight is 394 g/mol. The van der Waals surface area contributed by atoms with Gasteiger partial charge in [-0.15, -0.1) is 0 Å². The van der Waals surface area contributed by atoms with Crippen LogP contribution in [-0.4, -0.2) is 40.5 Å². The van der Waals surface area contributed by atoms with Gasteiger partial charge in [0.25, 0.3) is 0 Å². The zero-order chi connectivity index (χ0) is 20.0. The van der Waals surface area contributed by atoms with Crippen molar-refractivity contribution in [1.29, 1.82) is 0 Å². The number of fused-ring (bicyclic) bond motifs is 2. The van der Waals surface area contributed by atoms with Gasteiger partial charge in [0.2, 0.25) is 5.91 Å². The van der Waals surface area contributed by atoms with Crippen molar-refractivity contribution in [3.63, 3.8) is 0 Å². The summed E-state index contributed by atoms with van der Waals surface area (Å²) >= 11 is 0. The Kier molecular flexibility index (Phi) is 4.73. The fourth-order valence-electron chi connectivity index (χ4n) is 5.28. The SMILES string of the molecule is Cc1noc(C)c1CN1CCC2(CC1)CN(C(=O)CC1CC1)Cc1ccccc12. The first-order chi connectivity index (χ1) is 14.0. The minimum Gasteiger partial charge on any atom is -0.361 e. The molecule has 2 fully saturated rings. The van der Waals surface area contributed by atoms with Crippen LogP contribution in [-0.2, 0) is 23.3 Å². The summed E-state index contributed by atoms with van der Waals surface area (Å²) in [6.07, 6.45) is 5.41. The molecule has 3 heterocycles. The maximum Gasteiger partial charge on any atom is 0.223 e. The molecule has 1 amide bonds. The lowest BCUT2D eigenvalue weighted by Crippen LogP contribution is -2.53. The second-order valence-corrected chi connectivity index (χ2v) is 9.41. The molecule has 154 valence electrons. The maximum atomic E-state index is 12.9. The summed E-state index contributed by atoms with van der Waals surface area (Å²) in [6, 6.07) is 8.82. The fraction of sp³-hybridized carbons (Fsp3) is 0.583. The van der Waals surface area contributed by atoms with Crippen molar-refractivity contribution in [3.8, 4) is 0 Å². The maximum absolute atomic E-state index is 12.9. The predicted molar refractivity (Wildman–Crippen MR) is 111 cm³/mol. The zero-order valence-electron chi connectivity index (χ0n) is 17.6. The van der Waals surface area contributed by atoms with Crippen molar-refractivity contribution in [1.82, 2.24) is 15.0 Å². The third-order valence-electron chi connectivity index (χ3n) is 7.33. The lowest BCUT2D eigenvalue weighted by atomic mass is 9.68. The van der Waals surface area contributed by atoms with E-state index in [1.54, 1.807) is 0 Å². The highest BCUT2D eigenvalue weighted by molar-refractivity contribution is 5.77. The molecule has 1 aliphatic carbocycles. The van der Waals surface area contributed by atoms with Crippen molar-refractivity contribution >= 4 is 5.91 Å². The standard InChI is InChI=1S/C24H31N3O2/c1-17-21(18(2)29-25-17)15-26-11-9-24(10-12-26)16-27(23(28)13-19-7-8-19)14-20-5-3-4-6-22(20)24/h3-6,19H,7-16H2,1-2H3. The highest BCUT2D eigenvalue weighted by Gasteiger charge is 2.43. The molecule has 5 nitrogen and oxygen atoms in total. The Morgan fingerprint density at radius 3 is 2.66 bits per heavy atom. The molecule has 1 saturated carbocycles. The van der Waals surface area contributed by atoms with Crippen molar-refractivity contribution in [2.24, 2.45) is 5.92 Å². The van der Waals surface area contributed by atoms with Crippen LogP contribution in [0.4, 0.5) is 0 Å². The summed E-state index contributed by atoms with van der Waals surface area (Å²) in [5, 5.41) is 4.11. The number of carbonyl (C=O) groups is 1. The summed E-state index contributed by atoms with van der Waals surface area (Å²) in [6.45, 7) is 8.69. The highest BCUT2D eigenvalue weighted by Crippen LogP contribution is 2.43. The Bertz CT molecular complexity index is 887. The van der Waals surface area contributed by atoms with Crippen molar-refractivity contribution in [2.45, 2.75) is 64.5 Å². The van der Waals surface area contributed by atoms with E-state index in [-0.39, 0.29) is 5.41 Å². The number of likely N-dealkylation sites (tertiary alicyclic amines) is 1. The molecule has 1 spiro atoms. The van der Waals surface area contributed by atoms with Crippen LogP contribution >= 0.6 is 0 Å². The number of amides is 1. The van der Waals surface area contributed by atoms with Gasteiger partial charge in [0.15, 0.2) is 0 Å². The van der Waals surface area contributed by atoms with Crippen LogP contribution in [0.2, 0.25) is 0 Å². The highest BCUT2D eigenvalue weighted by atomic mass is 16.5. The fourth-order valence-corrected chi connectivity index (χ4v) is 5.28. The number of hydrogen-bond acceptors (Lipinski definition) is 4. The third kappa shape index (κ3) is 3.61. The molecule has 0 radical (unpaired) electrons. The number of aromatic nitrogens is 1. The molecule has 0 bridgehead atoms. The number of carbonyl (C=O) groups excluding carboxylic acids is 1. The van der Waals surface area contributed by atoms with E-state index in [9.17, 15) is 4.79 Å². The molecule has 29 heavy (non-hydrogen) atoms. The molecule has 1 aromatic heterocycles. The van der Waals surface area contributed by atoms with Crippen LogP contribution in [0.5, 0.6) is 0 Å². The van der Waals surface area contributed by atoms with E-state index in [4.69, 9.17) is 4.52 Å². The van der Waals surface area contributed by atoms with E-state index < -0.39 is 0 Å². The number of hydrogen-bond donors (Lipinski definition) is 0. The monoisotopic (exact) mass is 393 g/mol. The van der Waals surface area contributed by atoms with Gasteiger partial charge in [0.05, 0.1) is 5.69 Å². The van der Waals surface area contributed by atoms with Crippen molar-refractivity contribution in [3.05, 3.63) is 52.4 Å². The largest absolute Gasteiger partial charge is 0.361 e. The summed E-state index contributed by atoms with van der Waals surface area (Å²) in [5.74, 6) is 1.94. The predicted octanol–water partition coefficient (Wildman–Crippen LogP) is 3.97. The van der Waals surface area contributed by atoms with Crippen LogP contribution in [0.3, 0.4) is 0 Å². The summed E-state index contributed by atoms with van der Waals surface area (Å²) in [5.41, 5.74) is 5.16. The molecular weight excluding hydrogens is 362 g/mol. The Balaban J connectivity index is 1.34. The Labute approximate surface area is 173 Å². The molecule has 2 aliphatic heterocycles. The van der Waals surface area contributed by atoms with Crippen LogP contribution < -0.4 is 0 Å². The van der Waals surface area contributed by atoms with Crippen LogP contribution in [0.1, 0.15) is 60.2 Å². The first-order valence-corrected chi connectivity index (χ1v) is 11.0. The summed E-state index contributed by atoms with van der Waals surface area (Å²) < 4.78 is 5.35. The first kappa shape index (κ1) is 18.9.